The number of hydrogen-bond donors (Lipinski definition) is 4. The number of hydrogen-bond acceptors (Lipinski definition) is 6. The summed E-state index contributed by atoms with van der Waals surface area (Å²) in [6, 6.07) is 10.3. The molecule has 0 radical (unpaired) electrons. The molecular formula is C21H21N5O5S. The first-order valence-corrected chi connectivity index (χ1v) is 10.3. The maximum atomic E-state index is 12.9. The van der Waals surface area contributed by atoms with Crippen LogP contribution in [0.5, 0.6) is 0 Å². The van der Waals surface area contributed by atoms with Crippen LogP contribution in [0.1, 0.15) is 43.1 Å². The first kappa shape index (κ1) is 22.7. The summed E-state index contributed by atoms with van der Waals surface area (Å²) >= 11 is 0.899. The number of carbonyl (C=O) groups excluding carboxylic acids is 2. The van der Waals surface area contributed by atoms with Gasteiger partial charge in [0.2, 0.25) is 0 Å². The third kappa shape index (κ3) is 5.01. The number of benzene rings is 1. The van der Waals surface area contributed by atoms with Crippen LogP contribution >= 0.6 is 11.3 Å². The van der Waals surface area contributed by atoms with E-state index in [1.807, 2.05) is 31.2 Å². The first-order valence-electron chi connectivity index (χ1n) is 9.51. The van der Waals surface area contributed by atoms with Gasteiger partial charge in [0.05, 0.1) is 26.7 Å². The zero-order valence-electron chi connectivity index (χ0n) is 17.6. The van der Waals surface area contributed by atoms with E-state index < -0.39 is 24.3 Å². The molecule has 0 bridgehead atoms. The number of carbonyl (C=O) groups is 3. The van der Waals surface area contributed by atoms with Crippen LogP contribution in [0.2, 0.25) is 0 Å². The van der Waals surface area contributed by atoms with Crippen LogP contribution < -0.4 is 16.3 Å². The lowest BCUT2D eigenvalue weighted by Gasteiger charge is -2.01. The Kier molecular flexibility index (Phi) is 6.69. The molecule has 10 nitrogen and oxygen atoms in total. The lowest BCUT2D eigenvalue weighted by Crippen LogP contribution is -2.28. The van der Waals surface area contributed by atoms with Gasteiger partial charge in [0.25, 0.3) is 17.4 Å². The molecule has 1 aromatic carbocycles. The molecule has 0 spiro atoms. The van der Waals surface area contributed by atoms with Crippen molar-refractivity contribution in [1.82, 2.24) is 20.5 Å². The van der Waals surface area contributed by atoms with Crippen LogP contribution in [0.15, 0.2) is 46.3 Å². The molecule has 0 atom stereocenters. The van der Waals surface area contributed by atoms with E-state index in [2.05, 4.69) is 20.9 Å². The third-order valence-corrected chi connectivity index (χ3v) is 5.59. The molecule has 3 rings (SSSR count). The van der Waals surface area contributed by atoms with Crippen LogP contribution in [-0.4, -0.2) is 44.9 Å². The molecule has 0 fully saturated rings. The van der Waals surface area contributed by atoms with E-state index in [1.165, 1.54) is 16.8 Å². The second-order valence-electron chi connectivity index (χ2n) is 6.97. The van der Waals surface area contributed by atoms with E-state index in [0.717, 1.165) is 16.9 Å². The molecule has 11 heteroatoms. The van der Waals surface area contributed by atoms with E-state index in [0.29, 0.717) is 22.7 Å². The van der Waals surface area contributed by atoms with Gasteiger partial charge in [0, 0.05) is 5.69 Å². The number of H-pyrrole nitrogens is 1. The Labute approximate surface area is 186 Å². The molecule has 3 aromatic rings. The fraction of sp³-hybridized carbons (Fsp3) is 0.190. The Hall–Kier alpha value is -3.99. The smallest absolute Gasteiger partial charge is 0.322 e. The molecule has 2 aromatic heterocycles. The zero-order valence-corrected chi connectivity index (χ0v) is 18.4. The number of carboxylic acids is 1. The molecule has 2 heterocycles. The van der Waals surface area contributed by atoms with Gasteiger partial charge in [-0.05, 0) is 45.0 Å². The van der Waals surface area contributed by atoms with Gasteiger partial charge in [0.15, 0.2) is 0 Å². The van der Waals surface area contributed by atoms with Crippen molar-refractivity contribution in [2.45, 2.75) is 20.8 Å². The van der Waals surface area contributed by atoms with Crippen molar-refractivity contribution in [2.24, 2.45) is 5.10 Å². The molecule has 0 saturated carbocycles. The number of thiophene rings is 1. The summed E-state index contributed by atoms with van der Waals surface area (Å²) in [6.45, 7) is 4.79. The fourth-order valence-corrected chi connectivity index (χ4v) is 3.73. The minimum atomic E-state index is -1.17. The van der Waals surface area contributed by atoms with E-state index in [4.69, 9.17) is 5.11 Å². The molecule has 32 heavy (non-hydrogen) atoms. The lowest BCUT2D eigenvalue weighted by atomic mass is 10.2. The van der Waals surface area contributed by atoms with Crippen LogP contribution in [0, 0.1) is 13.8 Å². The Morgan fingerprint density at radius 2 is 1.69 bits per heavy atom. The highest BCUT2D eigenvalue weighted by atomic mass is 32.1. The Balaban J connectivity index is 1.74. The van der Waals surface area contributed by atoms with Crippen molar-refractivity contribution >= 4 is 34.8 Å². The summed E-state index contributed by atoms with van der Waals surface area (Å²) in [5.74, 6) is -2.31. The minimum Gasteiger partial charge on any atom is -0.480 e. The number of nitrogens with one attached hydrogen (secondary N) is 3. The Morgan fingerprint density at radius 1 is 1.06 bits per heavy atom. The van der Waals surface area contributed by atoms with Crippen molar-refractivity contribution in [2.75, 3.05) is 6.54 Å². The van der Waals surface area contributed by atoms with E-state index >= 15 is 0 Å². The first-order chi connectivity index (χ1) is 15.2. The van der Waals surface area contributed by atoms with Gasteiger partial charge in [-0.1, -0.05) is 17.7 Å². The average molecular weight is 455 g/mol. The van der Waals surface area contributed by atoms with Crippen LogP contribution in [-0.2, 0) is 4.79 Å². The fourth-order valence-electron chi connectivity index (χ4n) is 2.92. The van der Waals surface area contributed by atoms with Crippen molar-refractivity contribution < 1.29 is 19.5 Å². The lowest BCUT2D eigenvalue weighted by molar-refractivity contribution is -0.135. The van der Waals surface area contributed by atoms with Gasteiger partial charge in [-0.25, -0.2) is 10.1 Å². The average Bonchev–Trinajstić information content (AvgIpc) is 3.35. The number of aromatic amines is 1. The SMILES string of the molecule is CC(=NNC(=O)c1ccc(C(=O)NCC(=O)O)s1)c1c(C)[nH]n(-c2ccc(C)cc2)c1=O. The molecule has 0 aliphatic heterocycles. The standard InChI is InChI=1S/C21H21N5O5S/c1-11-4-6-14(7-5-11)26-21(31)18(13(3)25-26)12(2)23-24-20(30)16-9-8-15(32-16)19(29)22-10-17(27)28/h4-9,25H,10H2,1-3H3,(H,22,29)(H,24,30)(H,27,28). The second-order valence-corrected chi connectivity index (χ2v) is 8.05. The van der Waals surface area contributed by atoms with Crippen LogP contribution in [0.25, 0.3) is 5.69 Å². The maximum absolute atomic E-state index is 12.9. The van der Waals surface area contributed by atoms with Crippen molar-refractivity contribution in [3.8, 4) is 5.69 Å². The van der Waals surface area contributed by atoms with Crippen LogP contribution in [0.3, 0.4) is 0 Å². The number of aliphatic carboxylic acids is 1. The summed E-state index contributed by atoms with van der Waals surface area (Å²) < 4.78 is 1.41. The van der Waals surface area contributed by atoms with Gasteiger partial charge in [-0.15, -0.1) is 11.3 Å². The zero-order chi connectivity index (χ0) is 23.4. The Morgan fingerprint density at radius 3 is 2.31 bits per heavy atom. The summed E-state index contributed by atoms with van der Waals surface area (Å²) in [5, 5.41) is 17.9. The number of hydrazone groups is 1. The molecule has 0 saturated heterocycles. The minimum absolute atomic E-state index is 0.194. The second kappa shape index (κ2) is 9.43. The van der Waals surface area contributed by atoms with Crippen molar-refractivity contribution in [3.05, 3.63) is 73.3 Å². The summed E-state index contributed by atoms with van der Waals surface area (Å²) in [5.41, 5.74) is 5.09. The quantitative estimate of drug-likeness (QED) is 0.317. The van der Waals surface area contributed by atoms with Gasteiger partial charge < -0.3 is 10.4 Å². The molecule has 2 amide bonds. The Bertz CT molecular complexity index is 1270. The van der Waals surface area contributed by atoms with Crippen molar-refractivity contribution in [3.63, 3.8) is 0 Å². The number of carboxylic acid groups (broad SMARTS) is 1. The highest BCUT2D eigenvalue weighted by molar-refractivity contribution is 7.15. The predicted octanol–water partition coefficient (Wildman–Crippen LogP) is 1.81. The van der Waals surface area contributed by atoms with E-state index in [1.54, 1.807) is 13.8 Å². The summed E-state index contributed by atoms with van der Waals surface area (Å²) in [6.07, 6.45) is 0. The van der Waals surface area contributed by atoms with E-state index in [-0.39, 0.29) is 15.3 Å². The molecule has 0 unspecified atom stereocenters. The maximum Gasteiger partial charge on any atom is 0.322 e. The number of amides is 2. The molecule has 4 N–H and O–H groups in total. The third-order valence-electron chi connectivity index (χ3n) is 4.50. The number of rotatable bonds is 7. The number of aromatic nitrogens is 2. The number of aryl methyl sites for hydroxylation is 2. The van der Waals surface area contributed by atoms with E-state index in [9.17, 15) is 19.2 Å². The summed E-state index contributed by atoms with van der Waals surface area (Å²) in [4.78, 5) is 48.1. The topological polar surface area (TPSA) is 146 Å². The van der Waals surface area contributed by atoms with Gasteiger partial charge >= 0.3 is 5.97 Å². The molecule has 0 aliphatic rings. The highest BCUT2D eigenvalue weighted by Crippen LogP contribution is 2.16. The van der Waals surface area contributed by atoms with Gasteiger partial charge in [-0.3, -0.25) is 24.3 Å². The number of nitrogens with zero attached hydrogens (tertiary/aromatic N) is 2. The summed E-state index contributed by atoms with van der Waals surface area (Å²) in [7, 11) is 0. The largest absolute Gasteiger partial charge is 0.480 e. The van der Waals surface area contributed by atoms with Gasteiger partial charge in [0.1, 0.15) is 6.54 Å². The van der Waals surface area contributed by atoms with Gasteiger partial charge in [-0.2, -0.15) is 5.10 Å². The highest BCUT2D eigenvalue weighted by Gasteiger charge is 2.17. The normalized spacial score (nSPS) is 11.3. The van der Waals surface area contributed by atoms with Crippen molar-refractivity contribution in [1.29, 1.82) is 0 Å². The van der Waals surface area contributed by atoms with Crippen LogP contribution in [0.4, 0.5) is 0 Å². The molecule has 0 aliphatic carbocycles. The molecule has 166 valence electrons. The predicted molar refractivity (Wildman–Crippen MR) is 120 cm³/mol. The molecular weight excluding hydrogens is 434 g/mol. The monoisotopic (exact) mass is 455 g/mol.